The van der Waals surface area contributed by atoms with E-state index in [1.807, 2.05) is 0 Å². The van der Waals surface area contributed by atoms with E-state index in [9.17, 15) is 0 Å². The molecule has 0 saturated carbocycles. The minimum absolute atomic E-state index is 0.367. The lowest BCUT2D eigenvalue weighted by Crippen LogP contribution is -2.29. The zero-order chi connectivity index (χ0) is 12.1. The maximum Gasteiger partial charge on any atom is 0.0909 e. The van der Waals surface area contributed by atoms with Gasteiger partial charge in [0.25, 0.3) is 0 Å². The molecule has 4 atom stereocenters. The monoisotopic (exact) mass is 240 g/mol. The lowest BCUT2D eigenvalue weighted by molar-refractivity contribution is 0.0616. The summed E-state index contributed by atoms with van der Waals surface area (Å²) in [6.07, 6.45) is 8.56. The second-order valence-corrected chi connectivity index (χ2v) is 5.91. The van der Waals surface area contributed by atoms with Gasteiger partial charge >= 0.3 is 0 Å². The quantitative estimate of drug-likeness (QED) is 0.553. The molecule has 0 unspecified atom stereocenters. The van der Waals surface area contributed by atoms with Crippen LogP contribution in [0.5, 0.6) is 0 Å². The van der Waals surface area contributed by atoms with Crippen LogP contribution in [0.25, 0.3) is 0 Å². The predicted octanol–water partition coefficient (Wildman–Crippen LogP) is 4.57. The highest BCUT2D eigenvalue weighted by Crippen LogP contribution is 2.64. The van der Waals surface area contributed by atoms with Crippen molar-refractivity contribution in [2.24, 2.45) is 11.8 Å². The molecule has 1 aromatic rings. The van der Waals surface area contributed by atoms with E-state index in [0.29, 0.717) is 24.0 Å². The number of hydrogen-bond donors (Lipinski definition) is 0. The lowest BCUT2D eigenvalue weighted by atomic mass is 9.64. The fraction of sp³-hybridized carbons (Fsp3) is 0.529. The molecule has 2 heterocycles. The number of hydrogen-bond acceptors (Lipinski definition) is 1. The largest absolute Gasteiger partial charge is 0.364 e. The average molecular weight is 240 g/mol. The third-order valence-corrected chi connectivity index (χ3v) is 4.90. The van der Waals surface area contributed by atoms with Crippen molar-refractivity contribution < 1.29 is 4.74 Å². The highest BCUT2D eigenvalue weighted by atomic mass is 16.5. The summed E-state index contributed by atoms with van der Waals surface area (Å²) in [5, 5.41) is 0. The van der Waals surface area contributed by atoms with Crippen molar-refractivity contribution in [2.45, 2.75) is 44.8 Å². The van der Waals surface area contributed by atoms with Crippen molar-refractivity contribution in [3.8, 4) is 0 Å². The van der Waals surface area contributed by atoms with E-state index in [1.165, 1.54) is 36.8 Å². The Morgan fingerprint density at radius 3 is 2.61 bits per heavy atom. The Hall–Kier alpha value is -1.08. The molecule has 1 aliphatic carbocycles. The molecule has 2 aliphatic heterocycles. The Bertz CT molecular complexity index is 502. The van der Waals surface area contributed by atoms with E-state index < -0.39 is 0 Å². The van der Waals surface area contributed by atoms with Gasteiger partial charge in [0.2, 0.25) is 0 Å². The average Bonchev–Trinajstić information content (AvgIpc) is 2.86. The molecule has 1 heteroatoms. The Kier molecular flexibility index (Phi) is 2.38. The van der Waals surface area contributed by atoms with Crippen molar-refractivity contribution in [1.82, 2.24) is 0 Å². The van der Waals surface area contributed by atoms with Gasteiger partial charge < -0.3 is 4.74 Å². The first-order chi connectivity index (χ1) is 8.90. The maximum absolute atomic E-state index is 6.21. The van der Waals surface area contributed by atoms with Crippen LogP contribution in [0.15, 0.2) is 35.9 Å². The molecule has 1 nitrogen and oxygen atoms in total. The van der Waals surface area contributed by atoms with Crippen LogP contribution < -0.4 is 0 Å². The van der Waals surface area contributed by atoms with Crippen LogP contribution in [-0.2, 0) is 4.74 Å². The summed E-state index contributed by atoms with van der Waals surface area (Å²) >= 11 is 0. The topological polar surface area (TPSA) is 9.23 Å². The van der Waals surface area contributed by atoms with Crippen molar-refractivity contribution in [2.75, 3.05) is 0 Å². The minimum atomic E-state index is 0.367. The Morgan fingerprint density at radius 1 is 1.06 bits per heavy atom. The van der Waals surface area contributed by atoms with Crippen LogP contribution in [0.1, 0.15) is 55.9 Å². The molecule has 2 bridgehead atoms. The second-order valence-electron chi connectivity index (χ2n) is 5.91. The Balaban J connectivity index is 1.55. The first-order valence-electron chi connectivity index (χ1n) is 7.35. The van der Waals surface area contributed by atoms with Crippen LogP contribution in [0.3, 0.4) is 0 Å². The zero-order valence-electron chi connectivity index (χ0n) is 10.9. The van der Waals surface area contributed by atoms with Gasteiger partial charge in [0.05, 0.1) is 12.2 Å². The number of unbranched alkanes of at least 4 members (excludes halogenated alkanes) is 2. The smallest absolute Gasteiger partial charge is 0.0909 e. The van der Waals surface area contributed by atoms with Gasteiger partial charge in [-0.25, -0.2) is 0 Å². The molecule has 4 rings (SSSR count). The SMILES string of the molecule is CCCCCC1=C[C@@H]2[C@H]1[C@H]1O[C@@H]2c2ccccc21. The van der Waals surface area contributed by atoms with E-state index in [4.69, 9.17) is 4.74 Å². The molecule has 1 fully saturated rings. The van der Waals surface area contributed by atoms with Crippen LogP contribution >= 0.6 is 0 Å². The fourth-order valence-corrected chi connectivity index (χ4v) is 4.00. The summed E-state index contributed by atoms with van der Waals surface area (Å²) in [6.45, 7) is 2.27. The molecule has 0 radical (unpaired) electrons. The molecule has 18 heavy (non-hydrogen) atoms. The summed E-state index contributed by atoms with van der Waals surface area (Å²) in [5.74, 6) is 1.39. The van der Waals surface area contributed by atoms with Crippen LogP contribution in [-0.4, -0.2) is 0 Å². The third kappa shape index (κ3) is 1.31. The Labute approximate surface area is 109 Å². The van der Waals surface area contributed by atoms with Gasteiger partial charge in [0, 0.05) is 11.8 Å². The molecule has 0 N–H and O–H groups in total. The normalized spacial score (nSPS) is 34.8. The molecule has 0 amide bonds. The van der Waals surface area contributed by atoms with E-state index in [1.54, 1.807) is 5.57 Å². The van der Waals surface area contributed by atoms with E-state index in [2.05, 4.69) is 37.3 Å². The molecular formula is C17H20O. The predicted molar refractivity (Wildman–Crippen MR) is 72.2 cm³/mol. The molecule has 0 spiro atoms. The molecule has 3 aliphatic rings. The van der Waals surface area contributed by atoms with Gasteiger partial charge in [0.15, 0.2) is 0 Å². The zero-order valence-corrected chi connectivity index (χ0v) is 10.9. The van der Waals surface area contributed by atoms with Crippen molar-refractivity contribution in [3.63, 3.8) is 0 Å². The highest BCUT2D eigenvalue weighted by Gasteiger charge is 2.56. The fourth-order valence-electron chi connectivity index (χ4n) is 4.00. The van der Waals surface area contributed by atoms with Crippen molar-refractivity contribution in [3.05, 3.63) is 47.0 Å². The first kappa shape index (κ1) is 10.8. The first-order valence-corrected chi connectivity index (χ1v) is 7.35. The van der Waals surface area contributed by atoms with E-state index in [0.717, 1.165) is 0 Å². The molecule has 94 valence electrons. The number of benzene rings is 1. The van der Waals surface area contributed by atoms with Crippen LogP contribution in [0.4, 0.5) is 0 Å². The number of rotatable bonds is 4. The maximum atomic E-state index is 6.21. The lowest BCUT2D eigenvalue weighted by Gasteiger charge is -2.37. The standard InChI is InChI=1S/C17H20O/c1-2-3-4-7-11-10-14-15(11)17-13-9-6-5-8-12(13)16(14)18-17/h5-6,8-10,14-17H,2-4,7H2,1H3/t14-,15+,16-,17+/m1/s1. The summed E-state index contributed by atoms with van der Waals surface area (Å²) in [6, 6.07) is 8.80. The van der Waals surface area contributed by atoms with Gasteiger partial charge in [-0.15, -0.1) is 0 Å². The second kappa shape index (κ2) is 3.96. The van der Waals surface area contributed by atoms with Crippen molar-refractivity contribution >= 4 is 0 Å². The van der Waals surface area contributed by atoms with E-state index in [-0.39, 0.29) is 0 Å². The van der Waals surface area contributed by atoms with E-state index >= 15 is 0 Å². The van der Waals surface area contributed by atoms with Crippen molar-refractivity contribution in [1.29, 1.82) is 0 Å². The van der Waals surface area contributed by atoms with Gasteiger partial charge in [0.1, 0.15) is 0 Å². The van der Waals surface area contributed by atoms with Gasteiger partial charge in [-0.05, 0) is 24.0 Å². The van der Waals surface area contributed by atoms with Gasteiger partial charge in [-0.3, -0.25) is 0 Å². The summed E-state index contributed by atoms with van der Waals surface area (Å²) < 4.78 is 6.21. The van der Waals surface area contributed by atoms with Gasteiger partial charge in [-0.2, -0.15) is 0 Å². The van der Waals surface area contributed by atoms with Gasteiger partial charge in [-0.1, -0.05) is 55.7 Å². The number of fused-ring (bicyclic) bond motifs is 8. The number of ether oxygens (including phenoxy) is 1. The molecule has 1 saturated heterocycles. The highest BCUT2D eigenvalue weighted by molar-refractivity contribution is 5.46. The Morgan fingerprint density at radius 2 is 1.83 bits per heavy atom. The summed E-state index contributed by atoms with van der Waals surface area (Å²) in [5.41, 5.74) is 4.59. The molecule has 1 aromatic carbocycles. The summed E-state index contributed by atoms with van der Waals surface area (Å²) in [4.78, 5) is 0. The summed E-state index contributed by atoms with van der Waals surface area (Å²) in [7, 11) is 0. The van der Waals surface area contributed by atoms with Crippen LogP contribution in [0, 0.1) is 11.8 Å². The molecular weight excluding hydrogens is 220 g/mol. The van der Waals surface area contributed by atoms with Crippen LogP contribution in [0.2, 0.25) is 0 Å². The minimum Gasteiger partial charge on any atom is -0.364 e. The molecule has 0 aromatic heterocycles. The third-order valence-electron chi connectivity index (χ3n) is 4.90.